The smallest absolute Gasteiger partial charge is 0.316 e. The molecule has 1 aromatic carbocycles. The van der Waals surface area contributed by atoms with Gasteiger partial charge in [-0.1, -0.05) is 12.1 Å². The van der Waals surface area contributed by atoms with Crippen LogP contribution in [0.4, 0.5) is 10.5 Å². The molecule has 0 aliphatic rings. The van der Waals surface area contributed by atoms with Crippen molar-refractivity contribution in [3.63, 3.8) is 0 Å². The Morgan fingerprint density at radius 2 is 2.27 bits per heavy atom. The predicted octanol–water partition coefficient (Wildman–Crippen LogP) is 1.36. The van der Waals surface area contributed by atoms with E-state index in [1.54, 1.807) is 18.2 Å². The van der Waals surface area contributed by atoms with Crippen LogP contribution in [0.15, 0.2) is 24.3 Å². The molecule has 3 N–H and O–H groups in total. The Bertz CT molecular complexity index is 271. The third-order valence-corrected chi connectivity index (χ3v) is 1.19. The number of nitrogens with one attached hydrogen (secondary N) is 1. The summed E-state index contributed by atoms with van der Waals surface area (Å²) in [5.74, 6) is 0. The van der Waals surface area contributed by atoms with E-state index >= 15 is 0 Å². The van der Waals surface area contributed by atoms with Crippen LogP contribution in [-0.4, -0.2) is 6.03 Å². The second-order valence-electron chi connectivity index (χ2n) is 2.19. The van der Waals surface area contributed by atoms with Gasteiger partial charge in [0, 0.05) is 5.69 Å². The van der Waals surface area contributed by atoms with Crippen LogP contribution >= 0.6 is 0 Å². The predicted molar refractivity (Wildman–Crippen MR) is 44.1 cm³/mol. The fourth-order valence-electron chi connectivity index (χ4n) is 0.791. The first-order valence-electron chi connectivity index (χ1n) is 3.17. The lowest BCUT2D eigenvalue weighted by Gasteiger charge is -2.00. The molecule has 1 radical (unpaired) electrons. The lowest BCUT2D eigenvalue weighted by molar-refractivity contribution is 0.259. The van der Waals surface area contributed by atoms with Gasteiger partial charge in [0.2, 0.25) is 0 Å². The normalized spacial score (nSPS) is 9.18. The second kappa shape index (κ2) is 3.05. The van der Waals surface area contributed by atoms with E-state index < -0.39 is 6.03 Å². The summed E-state index contributed by atoms with van der Waals surface area (Å²) in [6.45, 7) is 3.70. The molecule has 0 aromatic heterocycles. The molecule has 57 valence electrons. The molecular formula is C8H9N2O. The SMILES string of the molecule is [CH2]c1cccc(NC(N)=O)c1. The Hall–Kier alpha value is -1.51. The highest BCUT2D eigenvalue weighted by Gasteiger charge is 1.93. The van der Waals surface area contributed by atoms with Crippen LogP contribution in [0.1, 0.15) is 5.56 Å². The van der Waals surface area contributed by atoms with Crippen molar-refractivity contribution < 1.29 is 4.79 Å². The van der Waals surface area contributed by atoms with Crippen molar-refractivity contribution in [3.8, 4) is 0 Å². The molecule has 1 aromatic rings. The minimum Gasteiger partial charge on any atom is -0.351 e. The maximum atomic E-state index is 10.4. The summed E-state index contributed by atoms with van der Waals surface area (Å²) >= 11 is 0. The first kappa shape index (κ1) is 7.60. The van der Waals surface area contributed by atoms with E-state index in [0.717, 1.165) is 5.56 Å². The number of carbonyl (C=O) groups is 1. The van der Waals surface area contributed by atoms with E-state index in [2.05, 4.69) is 12.2 Å². The standard InChI is InChI=1S/C8H9N2O/c1-6-3-2-4-7(5-6)10-8(9)11/h2-5H,1H2,(H3,9,10,11). The summed E-state index contributed by atoms with van der Waals surface area (Å²) in [6, 6.07) is 6.57. The van der Waals surface area contributed by atoms with Gasteiger partial charge in [-0.2, -0.15) is 0 Å². The van der Waals surface area contributed by atoms with Crippen molar-refractivity contribution in [2.45, 2.75) is 0 Å². The Labute approximate surface area is 65.2 Å². The number of benzene rings is 1. The van der Waals surface area contributed by atoms with Crippen LogP contribution in [0.2, 0.25) is 0 Å². The van der Waals surface area contributed by atoms with E-state index in [1.165, 1.54) is 0 Å². The Balaban J connectivity index is 2.79. The molecule has 0 atom stereocenters. The summed E-state index contributed by atoms with van der Waals surface area (Å²) in [6.07, 6.45) is 0. The molecule has 0 fully saturated rings. The van der Waals surface area contributed by atoms with Gasteiger partial charge in [0.1, 0.15) is 0 Å². The maximum absolute atomic E-state index is 10.4. The van der Waals surface area contributed by atoms with Crippen molar-refractivity contribution in [3.05, 3.63) is 36.8 Å². The summed E-state index contributed by atoms with van der Waals surface area (Å²) in [5.41, 5.74) is 6.42. The summed E-state index contributed by atoms with van der Waals surface area (Å²) in [7, 11) is 0. The van der Waals surface area contributed by atoms with Crippen LogP contribution in [0.25, 0.3) is 0 Å². The molecule has 0 aliphatic carbocycles. The zero-order valence-corrected chi connectivity index (χ0v) is 6.00. The van der Waals surface area contributed by atoms with E-state index in [-0.39, 0.29) is 0 Å². The van der Waals surface area contributed by atoms with Gasteiger partial charge in [-0.15, -0.1) is 0 Å². The van der Waals surface area contributed by atoms with E-state index in [9.17, 15) is 4.79 Å². The third-order valence-electron chi connectivity index (χ3n) is 1.19. The zero-order valence-electron chi connectivity index (χ0n) is 6.00. The van der Waals surface area contributed by atoms with Crippen molar-refractivity contribution in [1.29, 1.82) is 0 Å². The topological polar surface area (TPSA) is 55.1 Å². The number of anilines is 1. The molecule has 0 aliphatic heterocycles. The number of nitrogens with two attached hydrogens (primary N) is 1. The number of carbonyl (C=O) groups excluding carboxylic acids is 1. The van der Waals surface area contributed by atoms with Crippen molar-refractivity contribution in [2.75, 3.05) is 5.32 Å². The molecular weight excluding hydrogens is 140 g/mol. The Morgan fingerprint density at radius 1 is 1.55 bits per heavy atom. The molecule has 3 heteroatoms. The minimum atomic E-state index is -0.560. The zero-order chi connectivity index (χ0) is 8.27. The molecule has 11 heavy (non-hydrogen) atoms. The lowest BCUT2D eigenvalue weighted by Crippen LogP contribution is -2.19. The molecule has 1 rings (SSSR count). The molecule has 3 nitrogen and oxygen atoms in total. The first-order chi connectivity index (χ1) is 5.18. The summed E-state index contributed by atoms with van der Waals surface area (Å²) in [4.78, 5) is 10.4. The lowest BCUT2D eigenvalue weighted by atomic mass is 10.2. The fraction of sp³-hybridized carbons (Fsp3) is 0. The molecule has 0 heterocycles. The quantitative estimate of drug-likeness (QED) is 0.622. The average Bonchev–Trinajstić information content (AvgIpc) is 1.85. The molecule has 0 saturated heterocycles. The number of primary amides is 1. The molecule has 0 bridgehead atoms. The second-order valence-corrected chi connectivity index (χ2v) is 2.19. The number of hydrogen-bond acceptors (Lipinski definition) is 1. The molecule has 2 amide bonds. The van der Waals surface area contributed by atoms with Crippen molar-refractivity contribution in [1.82, 2.24) is 0 Å². The van der Waals surface area contributed by atoms with Gasteiger partial charge >= 0.3 is 6.03 Å². The van der Waals surface area contributed by atoms with Gasteiger partial charge in [-0.3, -0.25) is 0 Å². The first-order valence-corrected chi connectivity index (χ1v) is 3.17. The van der Waals surface area contributed by atoms with Crippen LogP contribution in [0, 0.1) is 6.92 Å². The highest BCUT2D eigenvalue weighted by atomic mass is 16.2. The van der Waals surface area contributed by atoms with Gasteiger partial charge in [-0.25, -0.2) is 4.79 Å². The van der Waals surface area contributed by atoms with Crippen LogP contribution in [0.3, 0.4) is 0 Å². The Morgan fingerprint density at radius 3 is 2.82 bits per heavy atom. The van der Waals surface area contributed by atoms with Gasteiger partial charge < -0.3 is 11.1 Å². The summed E-state index contributed by atoms with van der Waals surface area (Å²) in [5, 5.41) is 2.44. The number of amides is 2. The van der Waals surface area contributed by atoms with Crippen LogP contribution in [0.5, 0.6) is 0 Å². The van der Waals surface area contributed by atoms with Crippen molar-refractivity contribution in [2.24, 2.45) is 5.73 Å². The number of urea groups is 1. The Kier molecular flexibility index (Phi) is 2.11. The third kappa shape index (κ3) is 2.29. The van der Waals surface area contributed by atoms with E-state index in [1.807, 2.05) is 6.07 Å². The number of hydrogen-bond donors (Lipinski definition) is 2. The molecule has 0 unspecified atom stereocenters. The maximum Gasteiger partial charge on any atom is 0.316 e. The largest absolute Gasteiger partial charge is 0.351 e. The molecule has 0 saturated carbocycles. The fourth-order valence-corrected chi connectivity index (χ4v) is 0.791. The van der Waals surface area contributed by atoms with Crippen LogP contribution < -0.4 is 11.1 Å². The average molecular weight is 149 g/mol. The highest BCUT2D eigenvalue weighted by Crippen LogP contribution is 2.08. The van der Waals surface area contributed by atoms with Gasteiger partial charge in [0.25, 0.3) is 0 Å². The number of rotatable bonds is 1. The van der Waals surface area contributed by atoms with Crippen LogP contribution in [-0.2, 0) is 0 Å². The monoisotopic (exact) mass is 149 g/mol. The minimum absolute atomic E-state index is 0.560. The van der Waals surface area contributed by atoms with Gasteiger partial charge in [0.15, 0.2) is 0 Å². The highest BCUT2D eigenvalue weighted by molar-refractivity contribution is 5.87. The van der Waals surface area contributed by atoms with E-state index in [4.69, 9.17) is 5.73 Å². The van der Waals surface area contributed by atoms with Gasteiger partial charge in [-0.05, 0) is 24.6 Å². The molecule has 0 spiro atoms. The van der Waals surface area contributed by atoms with Crippen molar-refractivity contribution >= 4 is 11.7 Å². The van der Waals surface area contributed by atoms with E-state index in [0.29, 0.717) is 5.69 Å². The summed E-state index contributed by atoms with van der Waals surface area (Å²) < 4.78 is 0. The van der Waals surface area contributed by atoms with Gasteiger partial charge in [0.05, 0.1) is 0 Å².